The molecular formula is C36H47F15O7. The summed E-state index contributed by atoms with van der Waals surface area (Å²) in [5.41, 5.74) is -17.0. The molecule has 7 unspecified atom stereocenters. The van der Waals surface area contributed by atoms with Gasteiger partial charge in [-0.3, -0.25) is 4.79 Å². The lowest BCUT2D eigenvalue weighted by Crippen LogP contribution is -2.57. The molecule has 7 nitrogen and oxygen atoms in total. The van der Waals surface area contributed by atoms with Crippen molar-refractivity contribution in [3.63, 3.8) is 0 Å². The minimum Gasteiger partial charge on any atom is -0.461 e. The highest BCUT2D eigenvalue weighted by Gasteiger charge is 2.75. The smallest absolute Gasteiger partial charge is 0.430 e. The van der Waals surface area contributed by atoms with Gasteiger partial charge in [0.15, 0.2) is 10.8 Å². The van der Waals surface area contributed by atoms with Gasteiger partial charge in [-0.15, -0.1) is 0 Å². The van der Waals surface area contributed by atoms with Gasteiger partial charge in [-0.2, -0.15) is 65.9 Å². The SMILES string of the molecule is CCC(C)(C(=O)OC1CC2CC1C(CO)C2CO)C(F)(F)F.CCC(C)c1cc(C(C)(C(F)(F)F)C(F)(F)F)cc(C(OCOCCOC)(C(F)(F)F)C(F)(F)F)c1. The molecule has 1 aromatic rings. The molecule has 2 aliphatic rings. The number of hydrogen-bond donors (Lipinski definition) is 2. The predicted octanol–water partition coefficient (Wildman–Crippen LogP) is 9.67. The Morgan fingerprint density at radius 2 is 1.26 bits per heavy atom. The number of methoxy groups -OCH3 is 1. The van der Waals surface area contributed by atoms with Gasteiger partial charge >= 0.3 is 36.9 Å². The molecule has 2 N–H and O–H groups in total. The van der Waals surface area contributed by atoms with Crippen LogP contribution in [-0.2, 0) is 34.8 Å². The first kappa shape index (κ1) is 51.6. The van der Waals surface area contributed by atoms with E-state index in [0.29, 0.717) is 18.9 Å². The van der Waals surface area contributed by atoms with Crippen LogP contribution in [0.25, 0.3) is 0 Å². The zero-order valence-electron chi connectivity index (χ0n) is 32.2. The van der Waals surface area contributed by atoms with Crippen molar-refractivity contribution in [2.45, 2.75) is 114 Å². The first-order valence-corrected chi connectivity index (χ1v) is 17.9. The lowest BCUT2D eigenvalue weighted by molar-refractivity contribution is -0.401. The molecule has 7 atom stereocenters. The van der Waals surface area contributed by atoms with E-state index < -0.39 is 101 Å². The highest BCUT2D eigenvalue weighted by molar-refractivity contribution is 5.77. The van der Waals surface area contributed by atoms with Gasteiger partial charge in [-0.25, -0.2) is 0 Å². The standard InChI is InChI=1S/C21H24F12O3.C15H23F3O4/c1-5-12(2)13-8-14(16(3,18(22,23)24)19(25,26)27)10-15(9-13)17(20(28,29)30,21(31,32)33)36-11-35-7-6-34-4;1-3-14(2,15(16,17)18)13(21)22-12-5-8-4-9(12)11(7-20)10(8)6-19/h8-10,12H,5-7,11H2,1-4H3;8-12,19-20H,3-7H2,1-2H3. The summed E-state index contributed by atoms with van der Waals surface area (Å²) < 4.78 is 224. The number of ether oxygens (including phenoxy) is 4. The molecule has 0 aromatic heterocycles. The molecule has 2 bridgehead atoms. The molecule has 0 spiro atoms. The Labute approximate surface area is 324 Å². The topological polar surface area (TPSA) is 94.5 Å². The third-order valence-corrected chi connectivity index (χ3v) is 11.6. The Hall–Kier alpha value is -2.56. The Morgan fingerprint density at radius 3 is 1.67 bits per heavy atom. The van der Waals surface area contributed by atoms with E-state index in [1.54, 1.807) is 0 Å². The number of fused-ring (bicyclic) bond motifs is 2. The number of aliphatic hydroxyl groups excluding tert-OH is 2. The second kappa shape index (κ2) is 18.6. The van der Waals surface area contributed by atoms with Crippen molar-refractivity contribution < 1.29 is 99.8 Å². The van der Waals surface area contributed by atoms with Gasteiger partial charge in [0, 0.05) is 31.8 Å². The normalized spacial score (nSPS) is 23.6. The van der Waals surface area contributed by atoms with Crippen LogP contribution in [0.3, 0.4) is 0 Å². The highest BCUT2D eigenvalue weighted by Crippen LogP contribution is 2.57. The van der Waals surface area contributed by atoms with Gasteiger partial charge < -0.3 is 29.2 Å². The fraction of sp³-hybridized carbons (Fsp3) is 0.806. The Bertz CT molecular complexity index is 1460. The van der Waals surface area contributed by atoms with E-state index in [-0.39, 0.29) is 69.3 Å². The number of carbonyl (C=O) groups is 1. The van der Waals surface area contributed by atoms with Crippen molar-refractivity contribution in [2.75, 3.05) is 40.3 Å². The van der Waals surface area contributed by atoms with E-state index in [1.807, 2.05) is 0 Å². The lowest BCUT2D eigenvalue weighted by Gasteiger charge is -2.39. The largest absolute Gasteiger partial charge is 0.461 e. The maximum absolute atomic E-state index is 14.1. The minimum atomic E-state index is -6.37. The highest BCUT2D eigenvalue weighted by atomic mass is 19.4. The zero-order chi connectivity index (χ0) is 45.1. The van der Waals surface area contributed by atoms with Gasteiger partial charge in [0.1, 0.15) is 12.9 Å². The summed E-state index contributed by atoms with van der Waals surface area (Å²) in [7, 11) is 1.15. The van der Waals surface area contributed by atoms with E-state index >= 15 is 0 Å². The number of carbonyl (C=O) groups excluding carboxylic acids is 1. The quantitative estimate of drug-likeness (QED) is 0.0785. The molecule has 2 saturated carbocycles. The number of alkyl halides is 15. The number of benzene rings is 1. The Balaban J connectivity index is 0.000000447. The monoisotopic (exact) mass is 876 g/mol. The van der Waals surface area contributed by atoms with Crippen molar-refractivity contribution in [2.24, 2.45) is 29.1 Å². The van der Waals surface area contributed by atoms with Gasteiger partial charge in [-0.05, 0) is 74.3 Å². The Morgan fingerprint density at radius 1 is 0.741 bits per heavy atom. The molecule has 338 valence electrons. The number of esters is 1. The molecule has 2 aliphatic carbocycles. The molecule has 2 fully saturated rings. The summed E-state index contributed by atoms with van der Waals surface area (Å²) in [6.07, 6.45) is -29.5. The van der Waals surface area contributed by atoms with Crippen LogP contribution in [0.2, 0.25) is 0 Å². The first-order valence-electron chi connectivity index (χ1n) is 17.9. The van der Waals surface area contributed by atoms with Crippen LogP contribution in [0.1, 0.15) is 82.9 Å². The fourth-order valence-corrected chi connectivity index (χ4v) is 7.17. The summed E-state index contributed by atoms with van der Waals surface area (Å²) >= 11 is 0. The predicted molar refractivity (Wildman–Crippen MR) is 174 cm³/mol. The molecular weight excluding hydrogens is 829 g/mol. The van der Waals surface area contributed by atoms with Crippen LogP contribution in [0.15, 0.2) is 18.2 Å². The summed E-state index contributed by atoms with van der Waals surface area (Å²) in [6.45, 7) is 1.82. The maximum Gasteiger partial charge on any atom is 0.430 e. The van der Waals surface area contributed by atoms with Crippen molar-refractivity contribution in [1.82, 2.24) is 0 Å². The van der Waals surface area contributed by atoms with E-state index in [9.17, 15) is 80.9 Å². The maximum atomic E-state index is 14.1. The molecule has 22 heteroatoms. The van der Waals surface area contributed by atoms with E-state index in [0.717, 1.165) is 14.0 Å². The number of halogens is 15. The molecule has 0 radical (unpaired) electrons. The van der Waals surface area contributed by atoms with Crippen molar-refractivity contribution in [3.05, 3.63) is 34.9 Å². The third-order valence-electron chi connectivity index (χ3n) is 11.6. The summed E-state index contributed by atoms with van der Waals surface area (Å²) in [4.78, 5) is 12.1. The van der Waals surface area contributed by atoms with Crippen LogP contribution < -0.4 is 0 Å². The van der Waals surface area contributed by atoms with Gasteiger partial charge in [0.25, 0.3) is 5.60 Å². The summed E-state index contributed by atoms with van der Waals surface area (Å²) in [5, 5.41) is 18.8. The molecule has 1 aromatic carbocycles. The average Bonchev–Trinajstić information content (AvgIpc) is 3.67. The van der Waals surface area contributed by atoms with Crippen LogP contribution in [-0.4, -0.2) is 93.5 Å². The van der Waals surface area contributed by atoms with Crippen molar-refractivity contribution in [3.8, 4) is 0 Å². The Kier molecular flexibility index (Phi) is 16.5. The lowest BCUT2D eigenvalue weighted by atomic mass is 9.76. The van der Waals surface area contributed by atoms with Crippen LogP contribution in [0.5, 0.6) is 0 Å². The number of hydrogen-bond acceptors (Lipinski definition) is 7. The van der Waals surface area contributed by atoms with Gasteiger partial charge in [-0.1, -0.05) is 39.0 Å². The first-order chi connectivity index (χ1) is 26.3. The third kappa shape index (κ3) is 9.96. The van der Waals surface area contributed by atoms with E-state index in [2.05, 4.69) is 14.2 Å². The van der Waals surface area contributed by atoms with Crippen LogP contribution in [0.4, 0.5) is 65.9 Å². The second-order valence-corrected chi connectivity index (χ2v) is 14.8. The molecule has 3 rings (SSSR count). The van der Waals surface area contributed by atoms with Crippen LogP contribution >= 0.6 is 0 Å². The minimum absolute atomic E-state index is 0.0241. The number of rotatable bonds is 15. The molecule has 58 heavy (non-hydrogen) atoms. The fourth-order valence-electron chi connectivity index (χ4n) is 7.17. The van der Waals surface area contributed by atoms with E-state index in [1.165, 1.54) is 20.8 Å². The molecule has 0 heterocycles. The van der Waals surface area contributed by atoms with Gasteiger partial charge in [0.05, 0.1) is 13.2 Å². The van der Waals surface area contributed by atoms with Crippen LogP contribution in [0, 0.1) is 29.1 Å². The number of aliphatic hydroxyl groups is 2. The molecule has 0 aliphatic heterocycles. The zero-order valence-corrected chi connectivity index (χ0v) is 32.2. The van der Waals surface area contributed by atoms with Crippen molar-refractivity contribution >= 4 is 5.97 Å². The van der Waals surface area contributed by atoms with Gasteiger partial charge in [0.2, 0.25) is 0 Å². The summed E-state index contributed by atoms with van der Waals surface area (Å²) in [6, 6.07) is 0.148. The summed E-state index contributed by atoms with van der Waals surface area (Å²) in [5.74, 6) is -2.57. The average molecular weight is 877 g/mol. The van der Waals surface area contributed by atoms with E-state index in [4.69, 9.17) is 4.74 Å². The molecule has 0 saturated heterocycles. The molecule has 0 amide bonds. The second-order valence-electron chi connectivity index (χ2n) is 14.8. The van der Waals surface area contributed by atoms with Crippen molar-refractivity contribution in [1.29, 1.82) is 0 Å².